The Morgan fingerprint density at radius 1 is 1.11 bits per heavy atom. The van der Waals surface area contributed by atoms with E-state index in [9.17, 15) is 13.2 Å². The number of aromatic nitrogens is 2. The lowest BCUT2D eigenvalue weighted by Crippen LogP contribution is -2.38. The van der Waals surface area contributed by atoms with E-state index >= 15 is 0 Å². The van der Waals surface area contributed by atoms with Crippen LogP contribution < -0.4 is 5.32 Å². The zero-order valence-corrected chi connectivity index (χ0v) is 22.2. The van der Waals surface area contributed by atoms with Crippen molar-refractivity contribution in [1.82, 2.24) is 20.2 Å². The molecule has 1 N–H and O–H groups in total. The number of fused-ring (bicyclic) bond motifs is 1. The highest BCUT2D eigenvalue weighted by Gasteiger charge is 2.30. The Hall–Kier alpha value is -3.10. The summed E-state index contributed by atoms with van der Waals surface area (Å²) in [6.45, 7) is 9.97. The largest absolute Gasteiger partial charge is 0.348 e. The Labute approximate surface area is 213 Å². The van der Waals surface area contributed by atoms with Gasteiger partial charge in [0.25, 0.3) is 5.91 Å². The minimum absolute atomic E-state index is 0.0660. The molecule has 1 amide bonds. The Morgan fingerprint density at radius 3 is 2.44 bits per heavy atom. The average Bonchev–Trinajstić information content (AvgIpc) is 2.88. The van der Waals surface area contributed by atoms with Crippen molar-refractivity contribution in [3.8, 4) is 0 Å². The molecule has 0 unspecified atom stereocenters. The van der Waals surface area contributed by atoms with Crippen LogP contribution in [0.4, 0.5) is 0 Å². The first-order chi connectivity index (χ1) is 17.2. The van der Waals surface area contributed by atoms with Crippen LogP contribution in [0.1, 0.15) is 65.2 Å². The highest BCUT2D eigenvalue weighted by molar-refractivity contribution is 7.91. The van der Waals surface area contributed by atoms with Crippen molar-refractivity contribution in [3.05, 3.63) is 88.5 Å². The highest BCUT2D eigenvalue weighted by atomic mass is 32.2. The summed E-state index contributed by atoms with van der Waals surface area (Å²) in [5, 5.41) is 2.96. The SMILES string of the molecule is CCS(=O)(=O)c1ccc(CNC(=O)c2ccc3c(c2)CCN(Cc2ncc(C)cn2)[C@H]3C(C)C)cc1. The van der Waals surface area contributed by atoms with E-state index in [1.165, 1.54) is 11.1 Å². The van der Waals surface area contributed by atoms with Gasteiger partial charge in [-0.25, -0.2) is 18.4 Å². The lowest BCUT2D eigenvalue weighted by Gasteiger charge is -2.39. The molecule has 0 saturated carbocycles. The fraction of sp³-hybridized carbons (Fsp3) is 0.393. The zero-order valence-electron chi connectivity index (χ0n) is 21.4. The molecule has 8 heteroatoms. The maximum absolute atomic E-state index is 12.9. The summed E-state index contributed by atoms with van der Waals surface area (Å²) >= 11 is 0. The van der Waals surface area contributed by atoms with Gasteiger partial charge in [-0.15, -0.1) is 0 Å². The van der Waals surface area contributed by atoms with Crippen LogP contribution in [0, 0.1) is 12.8 Å². The van der Waals surface area contributed by atoms with Gasteiger partial charge in [0.2, 0.25) is 0 Å². The van der Waals surface area contributed by atoms with Crippen LogP contribution in [0.5, 0.6) is 0 Å². The maximum Gasteiger partial charge on any atom is 0.251 e. The van der Waals surface area contributed by atoms with Gasteiger partial charge < -0.3 is 5.32 Å². The molecule has 3 aromatic rings. The number of sulfone groups is 1. The normalized spacial score (nSPS) is 16.1. The molecule has 0 radical (unpaired) electrons. The number of rotatable bonds is 8. The van der Waals surface area contributed by atoms with E-state index in [2.05, 4.69) is 40.1 Å². The molecule has 4 rings (SSSR count). The fourth-order valence-electron chi connectivity index (χ4n) is 4.76. The number of carbonyl (C=O) groups is 1. The molecule has 0 saturated heterocycles. The van der Waals surface area contributed by atoms with Crippen molar-refractivity contribution >= 4 is 15.7 Å². The molecule has 1 aromatic heterocycles. The zero-order chi connectivity index (χ0) is 25.9. The van der Waals surface area contributed by atoms with Gasteiger partial charge in [-0.2, -0.15) is 0 Å². The van der Waals surface area contributed by atoms with E-state index in [1.807, 2.05) is 31.5 Å². The standard InChI is InChI=1S/C28H34N4O3S/c1-5-36(34,35)24-9-6-21(7-10-24)17-31-28(33)23-8-11-25-22(14-23)12-13-32(27(25)19(2)3)18-26-29-15-20(4)16-30-26/h6-11,14-16,19,27H,5,12-13,17-18H2,1-4H3,(H,31,33)/t27-/m0/s1. The summed E-state index contributed by atoms with van der Waals surface area (Å²) in [6.07, 6.45) is 4.58. The van der Waals surface area contributed by atoms with Gasteiger partial charge in [-0.1, -0.05) is 39.0 Å². The Balaban J connectivity index is 1.45. The van der Waals surface area contributed by atoms with Crippen LogP contribution in [0.2, 0.25) is 0 Å². The molecule has 1 aliphatic heterocycles. The summed E-state index contributed by atoms with van der Waals surface area (Å²) < 4.78 is 24.0. The molecule has 190 valence electrons. The molecule has 7 nitrogen and oxygen atoms in total. The van der Waals surface area contributed by atoms with Crippen LogP contribution in [-0.2, 0) is 29.3 Å². The molecule has 0 aliphatic carbocycles. The Bertz CT molecular complexity index is 1320. The lowest BCUT2D eigenvalue weighted by molar-refractivity contribution is 0.0950. The van der Waals surface area contributed by atoms with Gasteiger partial charge in [0.1, 0.15) is 5.82 Å². The quantitative estimate of drug-likeness (QED) is 0.491. The van der Waals surface area contributed by atoms with Crippen molar-refractivity contribution in [1.29, 1.82) is 0 Å². The van der Waals surface area contributed by atoms with E-state index < -0.39 is 9.84 Å². The molecular formula is C28H34N4O3S. The first-order valence-electron chi connectivity index (χ1n) is 12.4. The second kappa shape index (κ2) is 10.9. The molecule has 0 fully saturated rings. The van der Waals surface area contributed by atoms with Crippen LogP contribution in [0.15, 0.2) is 59.8 Å². The molecular weight excluding hydrogens is 472 g/mol. The summed E-state index contributed by atoms with van der Waals surface area (Å²) in [7, 11) is -3.23. The predicted molar refractivity (Wildman–Crippen MR) is 140 cm³/mol. The van der Waals surface area contributed by atoms with E-state index in [0.717, 1.165) is 29.9 Å². The van der Waals surface area contributed by atoms with Gasteiger partial charge in [0, 0.05) is 37.1 Å². The molecule has 2 aromatic carbocycles. The number of benzene rings is 2. The Kier molecular flexibility index (Phi) is 7.85. The second-order valence-corrected chi connectivity index (χ2v) is 12.0. The average molecular weight is 507 g/mol. The van der Waals surface area contributed by atoms with Crippen molar-refractivity contribution in [2.45, 2.75) is 58.1 Å². The van der Waals surface area contributed by atoms with Gasteiger partial charge in [0.05, 0.1) is 17.2 Å². The van der Waals surface area contributed by atoms with Gasteiger partial charge >= 0.3 is 0 Å². The third kappa shape index (κ3) is 5.82. The van der Waals surface area contributed by atoms with Gasteiger partial charge in [-0.3, -0.25) is 9.69 Å². The van der Waals surface area contributed by atoms with Crippen LogP contribution in [0.25, 0.3) is 0 Å². The van der Waals surface area contributed by atoms with Crippen molar-refractivity contribution in [2.24, 2.45) is 5.92 Å². The predicted octanol–water partition coefficient (Wildman–Crippen LogP) is 4.26. The number of nitrogens with zero attached hydrogens (tertiary/aromatic N) is 3. The van der Waals surface area contributed by atoms with E-state index in [-0.39, 0.29) is 17.7 Å². The maximum atomic E-state index is 12.9. The summed E-state index contributed by atoms with van der Waals surface area (Å²) in [4.78, 5) is 24.6. The number of amides is 1. The first-order valence-corrected chi connectivity index (χ1v) is 14.1. The third-order valence-corrected chi connectivity index (χ3v) is 8.46. The van der Waals surface area contributed by atoms with Gasteiger partial charge in [0.15, 0.2) is 9.84 Å². The third-order valence-electron chi connectivity index (χ3n) is 6.71. The van der Waals surface area contributed by atoms with E-state index in [4.69, 9.17) is 0 Å². The van der Waals surface area contributed by atoms with E-state index in [0.29, 0.717) is 29.5 Å². The lowest BCUT2D eigenvalue weighted by atomic mass is 9.85. The van der Waals surface area contributed by atoms with Crippen LogP contribution in [0.3, 0.4) is 0 Å². The molecule has 1 aliphatic rings. The summed E-state index contributed by atoms with van der Waals surface area (Å²) in [5.74, 6) is 1.15. The van der Waals surface area contributed by atoms with E-state index in [1.54, 1.807) is 31.2 Å². The number of aryl methyl sites for hydroxylation is 1. The molecule has 1 atom stereocenters. The highest BCUT2D eigenvalue weighted by Crippen LogP contribution is 2.36. The van der Waals surface area contributed by atoms with Crippen molar-refractivity contribution in [3.63, 3.8) is 0 Å². The topological polar surface area (TPSA) is 92.3 Å². The monoisotopic (exact) mass is 506 g/mol. The van der Waals surface area contributed by atoms with Gasteiger partial charge in [-0.05, 0) is 65.8 Å². The molecule has 2 heterocycles. The Morgan fingerprint density at radius 2 is 1.81 bits per heavy atom. The first kappa shape index (κ1) is 26.0. The summed E-state index contributed by atoms with van der Waals surface area (Å²) in [6, 6.07) is 12.9. The fourth-order valence-corrected chi connectivity index (χ4v) is 5.64. The molecule has 0 bridgehead atoms. The number of hydrogen-bond donors (Lipinski definition) is 1. The smallest absolute Gasteiger partial charge is 0.251 e. The summed E-state index contributed by atoms with van der Waals surface area (Å²) in [5.41, 5.74) is 5.00. The van der Waals surface area contributed by atoms with Crippen molar-refractivity contribution < 1.29 is 13.2 Å². The number of hydrogen-bond acceptors (Lipinski definition) is 6. The molecule has 36 heavy (non-hydrogen) atoms. The molecule has 0 spiro atoms. The second-order valence-electron chi connectivity index (χ2n) is 9.73. The number of nitrogens with one attached hydrogen (secondary N) is 1. The number of carbonyl (C=O) groups excluding carboxylic acids is 1. The minimum atomic E-state index is -3.23. The van der Waals surface area contributed by atoms with Crippen LogP contribution >= 0.6 is 0 Å². The van der Waals surface area contributed by atoms with Crippen LogP contribution in [-0.4, -0.2) is 41.5 Å². The minimum Gasteiger partial charge on any atom is -0.348 e. The van der Waals surface area contributed by atoms with Crippen molar-refractivity contribution in [2.75, 3.05) is 12.3 Å².